The molecule has 0 aromatic heterocycles. The molecule has 0 spiro atoms. The third-order valence-corrected chi connectivity index (χ3v) is 6.73. The van der Waals surface area contributed by atoms with Crippen molar-refractivity contribution >= 4 is 39.1 Å². The van der Waals surface area contributed by atoms with Crippen molar-refractivity contribution in [3.63, 3.8) is 0 Å². The lowest BCUT2D eigenvalue weighted by Gasteiger charge is -2.22. The molecular weight excluding hydrogens is 427 g/mol. The van der Waals surface area contributed by atoms with Crippen molar-refractivity contribution in [1.29, 1.82) is 0 Å². The SMILES string of the molecule is O=C(NO)[C@H]1CCCN1S(=O)(=O)c1ccc(OCc2cc(Cl)cc(Cl)c2)cc1. The number of hydrogen-bond acceptors (Lipinski definition) is 5. The maximum absolute atomic E-state index is 12.8. The van der Waals surface area contributed by atoms with Crippen molar-refractivity contribution in [2.24, 2.45) is 0 Å². The van der Waals surface area contributed by atoms with Crippen LogP contribution in [0.3, 0.4) is 0 Å². The Kier molecular flexibility index (Phi) is 6.47. The number of ether oxygens (including phenoxy) is 1. The summed E-state index contributed by atoms with van der Waals surface area (Å²) in [6.45, 7) is 0.436. The lowest BCUT2D eigenvalue weighted by atomic mass is 10.2. The van der Waals surface area contributed by atoms with Crippen molar-refractivity contribution in [2.75, 3.05) is 6.54 Å². The topological polar surface area (TPSA) is 95.9 Å². The molecule has 1 heterocycles. The zero-order valence-electron chi connectivity index (χ0n) is 14.6. The Morgan fingerprint density at radius 2 is 1.82 bits per heavy atom. The molecule has 1 saturated heterocycles. The van der Waals surface area contributed by atoms with E-state index in [1.807, 2.05) is 0 Å². The number of halogens is 2. The van der Waals surface area contributed by atoms with E-state index in [2.05, 4.69) is 0 Å². The van der Waals surface area contributed by atoms with Crippen molar-refractivity contribution in [2.45, 2.75) is 30.4 Å². The average molecular weight is 445 g/mol. The van der Waals surface area contributed by atoms with Gasteiger partial charge in [-0.25, -0.2) is 13.9 Å². The Labute approximate surface area is 172 Å². The molecule has 2 aromatic carbocycles. The van der Waals surface area contributed by atoms with Crippen LogP contribution in [0.2, 0.25) is 10.0 Å². The van der Waals surface area contributed by atoms with Gasteiger partial charge in [-0.05, 0) is 60.9 Å². The van der Waals surface area contributed by atoms with Gasteiger partial charge in [-0.15, -0.1) is 0 Å². The first-order valence-corrected chi connectivity index (χ1v) is 10.6. The minimum atomic E-state index is -3.87. The molecule has 10 heteroatoms. The fourth-order valence-corrected chi connectivity index (χ4v) is 5.30. The van der Waals surface area contributed by atoms with E-state index in [-0.39, 0.29) is 18.0 Å². The van der Waals surface area contributed by atoms with Gasteiger partial charge in [0, 0.05) is 16.6 Å². The van der Waals surface area contributed by atoms with Gasteiger partial charge in [0.05, 0.1) is 4.90 Å². The Hall–Kier alpha value is -1.84. The van der Waals surface area contributed by atoms with Crippen LogP contribution in [-0.2, 0) is 21.4 Å². The predicted molar refractivity (Wildman–Crippen MR) is 104 cm³/mol. The molecule has 1 fully saturated rings. The highest BCUT2D eigenvalue weighted by atomic mass is 35.5. The highest BCUT2D eigenvalue weighted by molar-refractivity contribution is 7.89. The lowest BCUT2D eigenvalue weighted by Crippen LogP contribution is -2.44. The monoisotopic (exact) mass is 444 g/mol. The Morgan fingerprint density at radius 3 is 2.43 bits per heavy atom. The van der Waals surface area contributed by atoms with E-state index in [4.69, 9.17) is 33.1 Å². The van der Waals surface area contributed by atoms with Gasteiger partial charge in [0.25, 0.3) is 5.91 Å². The zero-order valence-corrected chi connectivity index (χ0v) is 17.0. The van der Waals surface area contributed by atoms with Gasteiger partial charge in [-0.3, -0.25) is 10.0 Å². The van der Waals surface area contributed by atoms with Gasteiger partial charge >= 0.3 is 0 Å². The van der Waals surface area contributed by atoms with Crippen LogP contribution in [0.15, 0.2) is 47.4 Å². The molecule has 0 aliphatic carbocycles. The quantitative estimate of drug-likeness (QED) is 0.526. The first-order chi connectivity index (χ1) is 13.3. The van der Waals surface area contributed by atoms with Crippen molar-refractivity contribution in [3.8, 4) is 5.75 Å². The maximum Gasteiger partial charge on any atom is 0.261 e. The molecule has 28 heavy (non-hydrogen) atoms. The number of hydrogen-bond donors (Lipinski definition) is 2. The number of nitrogens with zero attached hydrogens (tertiary/aromatic N) is 1. The number of hydroxylamine groups is 1. The number of nitrogens with one attached hydrogen (secondary N) is 1. The van der Waals surface area contributed by atoms with E-state index in [1.54, 1.807) is 18.2 Å². The number of rotatable bonds is 6. The van der Waals surface area contributed by atoms with Crippen LogP contribution in [-0.4, -0.2) is 36.4 Å². The van der Waals surface area contributed by atoms with Crippen LogP contribution in [0.1, 0.15) is 18.4 Å². The summed E-state index contributed by atoms with van der Waals surface area (Å²) in [4.78, 5) is 11.8. The highest BCUT2D eigenvalue weighted by Gasteiger charge is 2.39. The van der Waals surface area contributed by atoms with Gasteiger partial charge in [0.15, 0.2) is 0 Å². The summed E-state index contributed by atoms with van der Waals surface area (Å²) in [6.07, 6.45) is 0.899. The first-order valence-electron chi connectivity index (χ1n) is 8.45. The van der Waals surface area contributed by atoms with E-state index < -0.39 is 22.0 Å². The summed E-state index contributed by atoms with van der Waals surface area (Å²) in [5.74, 6) is -0.262. The van der Waals surface area contributed by atoms with Crippen LogP contribution in [0.5, 0.6) is 5.75 Å². The molecule has 0 saturated carbocycles. The van der Waals surface area contributed by atoms with Crippen LogP contribution in [0.25, 0.3) is 0 Å². The average Bonchev–Trinajstić information content (AvgIpc) is 3.16. The Balaban J connectivity index is 1.72. The van der Waals surface area contributed by atoms with Gasteiger partial charge in [0.2, 0.25) is 10.0 Å². The van der Waals surface area contributed by atoms with Crippen molar-refractivity contribution in [3.05, 3.63) is 58.1 Å². The summed E-state index contributed by atoms with van der Waals surface area (Å²) in [7, 11) is -3.87. The van der Waals surface area contributed by atoms with Crippen LogP contribution in [0.4, 0.5) is 0 Å². The maximum atomic E-state index is 12.8. The normalized spacial score (nSPS) is 17.5. The van der Waals surface area contributed by atoms with Crippen molar-refractivity contribution < 1.29 is 23.2 Å². The molecule has 7 nitrogen and oxygen atoms in total. The zero-order chi connectivity index (χ0) is 20.3. The molecular formula is C18H18Cl2N2O5S. The third kappa shape index (κ3) is 4.59. The molecule has 3 rings (SSSR count). The van der Waals surface area contributed by atoms with Gasteiger partial charge in [-0.2, -0.15) is 4.31 Å². The van der Waals surface area contributed by atoms with Crippen LogP contribution >= 0.6 is 23.2 Å². The summed E-state index contributed by atoms with van der Waals surface area (Å²) in [5.41, 5.74) is 2.31. The lowest BCUT2D eigenvalue weighted by molar-refractivity contribution is -0.132. The number of sulfonamides is 1. The molecule has 1 atom stereocenters. The summed E-state index contributed by atoms with van der Waals surface area (Å²) < 4.78 is 32.4. The fourth-order valence-electron chi connectivity index (χ4n) is 3.07. The van der Waals surface area contributed by atoms with E-state index in [0.717, 1.165) is 9.87 Å². The van der Waals surface area contributed by atoms with Crippen molar-refractivity contribution in [1.82, 2.24) is 9.79 Å². The molecule has 2 aromatic rings. The second kappa shape index (κ2) is 8.67. The summed E-state index contributed by atoms with van der Waals surface area (Å²) in [5, 5.41) is 9.82. The first kappa shape index (κ1) is 20.9. The molecule has 1 aliphatic heterocycles. The van der Waals surface area contributed by atoms with Gasteiger partial charge < -0.3 is 4.74 Å². The fraction of sp³-hybridized carbons (Fsp3) is 0.278. The van der Waals surface area contributed by atoms with Crippen LogP contribution < -0.4 is 10.2 Å². The molecule has 0 bridgehead atoms. The molecule has 1 aliphatic rings. The highest BCUT2D eigenvalue weighted by Crippen LogP contribution is 2.28. The van der Waals surface area contributed by atoms with E-state index in [9.17, 15) is 13.2 Å². The predicted octanol–water partition coefficient (Wildman–Crippen LogP) is 3.23. The largest absolute Gasteiger partial charge is 0.489 e. The van der Waals surface area contributed by atoms with E-state index in [0.29, 0.717) is 28.6 Å². The standard InChI is InChI=1S/C18H18Cl2N2O5S/c19-13-8-12(9-14(20)10-13)11-27-15-3-5-16(6-4-15)28(25,26)22-7-1-2-17(22)18(23)21-24/h3-6,8-10,17,24H,1-2,7,11H2,(H,21,23)/t17-/m1/s1. The minimum absolute atomic E-state index is 0.0447. The van der Waals surface area contributed by atoms with E-state index >= 15 is 0 Å². The Bertz CT molecular complexity index is 946. The summed E-state index contributed by atoms with van der Waals surface area (Å²) >= 11 is 11.9. The Morgan fingerprint density at radius 1 is 1.18 bits per heavy atom. The molecule has 0 unspecified atom stereocenters. The number of carbonyl (C=O) groups excluding carboxylic acids is 1. The molecule has 150 valence electrons. The van der Waals surface area contributed by atoms with Gasteiger partial charge in [-0.1, -0.05) is 23.2 Å². The number of carbonyl (C=O) groups is 1. The van der Waals surface area contributed by atoms with Crippen LogP contribution in [0, 0.1) is 0 Å². The van der Waals surface area contributed by atoms with E-state index in [1.165, 1.54) is 29.7 Å². The summed E-state index contributed by atoms with van der Waals surface area (Å²) in [6, 6.07) is 10.1. The minimum Gasteiger partial charge on any atom is -0.489 e. The van der Waals surface area contributed by atoms with Gasteiger partial charge in [0.1, 0.15) is 18.4 Å². The smallest absolute Gasteiger partial charge is 0.261 e. The second-order valence-electron chi connectivity index (χ2n) is 6.29. The third-order valence-electron chi connectivity index (χ3n) is 4.37. The second-order valence-corrected chi connectivity index (χ2v) is 9.05. The number of benzene rings is 2. The molecule has 0 radical (unpaired) electrons. The molecule has 1 amide bonds. The number of amides is 1. The molecule has 2 N–H and O–H groups in total.